The number of carboxylic acid groups (broad SMARTS) is 1. The minimum absolute atomic E-state index is 0.227. The molecule has 1 aliphatic carbocycles. The third kappa shape index (κ3) is 5.90. The van der Waals surface area contributed by atoms with Crippen molar-refractivity contribution in [1.29, 1.82) is 0 Å². The zero-order chi connectivity index (χ0) is 15.3. The van der Waals surface area contributed by atoms with Crippen LogP contribution in [0.2, 0.25) is 0 Å². The van der Waals surface area contributed by atoms with Crippen molar-refractivity contribution in [3.05, 3.63) is 0 Å². The summed E-state index contributed by atoms with van der Waals surface area (Å²) < 4.78 is 5.05. The van der Waals surface area contributed by atoms with Crippen LogP contribution >= 0.6 is 0 Å². The van der Waals surface area contributed by atoms with Gasteiger partial charge in [0.05, 0.1) is 11.8 Å². The Labute approximate surface area is 118 Å². The van der Waals surface area contributed by atoms with Gasteiger partial charge < -0.3 is 20.5 Å². The van der Waals surface area contributed by atoms with Crippen LogP contribution in [0.1, 0.15) is 33.6 Å². The van der Waals surface area contributed by atoms with Crippen LogP contribution in [0, 0.1) is 11.8 Å². The third-order valence-electron chi connectivity index (χ3n) is 2.77. The van der Waals surface area contributed by atoms with Crippen LogP contribution in [0.4, 0.5) is 4.79 Å². The summed E-state index contributed by atoms with van der Waals surface area (Å²) in [6, 6.07) is 0. The van der Waals surface area contributed by atoms with Crippen LogP contribution in [0.15, 0.2) is 0 Å². The average Bonchev–Trinajstić information content (AvgIpc) is 3.05. The van der Waals surface area contributed by atoms with E-state index < -0.39 is 29.5 Å². The molecule has 1 fully saturated rings. The molecule has 2 atom stereocenters. The molecule has 0 aromatic carbocycles. The Morgan fingerprint density at radius 1 is 1.15 bits per heavy atom. The van der Waals surface area contributed by atoms with Gasteiger partial charge in [0, 0.05) is 13.1 Å². The van der Waals surface area contributed by atoms with Gasteiger partial charge in [-0.05, 0) is 33.6 Å². The van der Waals surface area contributed by atoms with Crippen LogP contribution in [0.25, 0.3) is 0 Å². The SMILES string of the molecule is CC(C)(C)OC(=O)NCCCNC(=O)C1CC1C(=O)O. The Kier molecular flexibility index (Phi) is 5.35. The fraction of sp³-hybridized carbons (Fsp3) is 0.769. The van der Waals surface area contributed by atoms with E-state index in [0.717, 1.165) is 0 Å². The van der Waals surface area contributed by atoms with E-state index in [1.807, 2.05) is 0 Å². The van der Waals surface area contributed by atoms with Crippen molar-refractivity contribution in [3.63, 3.8) is 0 Å². The summed E-state index contributed by atoms with van der Waals surface area (Å²) in [5.74, 6) is -2.08. The van der Waals surface area contributed by atoms with Crippen molar-refractivity contribution >= 4 is 18.0 Å². The first-order valence-electron chi connectivity index (χ1n) is 6.68. The minimum atomic E-state index is -0.920. The number of nitrogens with one attached hydrogen (secondary N) is 2. The number of ether oxygens (including phenoxy) is 1. The number of rotatable bonds is 6. The maximum absolute atomic E-state index is 11.5. The minimum Gasteiger partial charge on any atom is -0.481 e. The predicted octanol–water partition coefficient (Wildman–Crippen LogP) is 0.738. The van der Waals surface area contributed by atoms with Crippen LogP contribution in [-0.4, -0.2) is 41.8 Å². The molecule has 0 aromatic heterocycles. The highest BCUT2D eigenvalue weighted by Gasteiger charge is 2.48. The first-order chi connectivity index (χ1) is 9.20. The molecule has 0 bridgehead atoms. The smallest absolute Gasteiger partial charge is 0.407 e. The van der Waals surface area contributed by atoms with Crippen LogP contribution in [0.5, 0.6) is 0 Å². The summed E-state index contributed by atoms with van der Waals surface area (Å²) in [5, 5.41) is 13.9. The lowest BCUT2D eigenvalue weighted by atomic mass is 10.2. The van der Waals surface area contributed by atoms with Crippen LogP contribution in [0.3, 0.4) is 0 Å². The van der Waals surface area contributed by atoms with E-state index in [2.05, 4.69) is 10.6 Å². The molecule has 1 saturated carbocycles. The highest BCUT2D eigenvalue weighted by Crippen LogP contribution is 2.38. The Balaban J connectivity index is 2.04. The summed E-state index contributed by atoms with van der Waals surface area (Å²) in [7, 11) is 0. The Hall–Kier alpha value is -1.79. The van der Waals surface area contributed by atoms with Gasteiger partial charge >= 0.3 is 12.1 Å². The van der Waals surface area contributed by atoms with E-state index in [1.165, 1.54) is 0 Å². The molecule has 3 N–H and O–H groups in total. The number of aliphatic carboxylic acids is 1. The van der Waals surface area contributed by atoms with Crippen LogP contribution in [-0.2, 0) is 14.3 Å². The molecule has 7 heteroatoms. The van der Waals surface area contributed by atoms with E-state index in [-0.39, 0.29) is 5.91 Å². The number of carbonyl (C=O) groups excluding carboxylic acids is 2. The predicted molar refractivity (Wildman–Crippen MR) is 71.1 cm³/mol. The lowest BCUT2D eigenvalue weighted by Gasteiger charge is -2.19. The van der Waals surface area contributed by atoms with E-state index in [9.17, 15) is 14.4 Å². The Bertz CT molecular complexity index is 389. The first-order valence-corrected chi connectivity index (χ1v) is 6.68. The van der Waals surface area contributed by atoms with Gasteiger partial charge in [0.1, 0.15) is 5.60 Å². The molecule has 7 nitrogen and oxygen atoms in total. The van der Waals surface area contributed by atoms with Gasteiger partial charge in [-0.2, -0.15) is 0 Å². The van der Waals surface area contributed by atoms with Crippen molar-refractivity contribution in [2.75, 3.05) is 13.1 Å². The standard InChI is InChI=1S/C13H22N2O5/c1-13(2,3)20-12(19)15-6-4-5-14-10(16)8-7-9(8)11(17)18/h8-9H,4-7H2,1-3H3,(H,14,16)(H,15,19)(H,17,18). The summed E-state index contributed by atoms with van der Waals surface area (Å²) in [5.41, 5.74) is -0.532. The fourth-order valence-electron chi connectivity index (χ4n) is 1.69. The second-order valence-corrected chi connectivity index (χ2v) is 5.86. The number of hydrogen-bond acceptors (Lipinski definition) is 4. The summed E-state index contributed by atoms with van der Waals surface area (Å²) in [4.78, 5) is 33.4. The first kappa shape index (κ1) is 16.3. The Morgan fingerprint density at radius 3 is 2.25 bits per heavy atom. The molecule has 0 heterocycles. The van der Waals surface area contributed by atoms with E-state index in [0.29, 0.717) is 25.9 Å². The lowest BCUT2D eigenvalue weighted by Crippen LogP contribution is -2.34. The molecule has 0 radical (unpaired) electrons. The highest BCUT2D eigenvalue weighted by molar-refractivity contribution is 5.89. The van der Waals surface area contributed by atoms with E-state index >= 15 is 0 Å². The molecule has 20 heavy (non-hydrogen) atoms. The van der Waals surface area contributed by atoms with E-state index in [4.69, 9.17) is 9.84 Å². The van der Waals surface area contributed by atoms with Crippen molar-refractivity contribution in [2.24, 2.45) is 11.8 Å². The maximum Gasteiger partial charge on any atom is 0.407 e. The molecule has 114 valence electrons. The molecule has 0 aliphatic heterocycles. The number of carbonyl (C=O) groups is 3. The van der Waals surface area contributed by atoms with Crippen molar-refractivity contribution in [3.8, 4) is 0 Å². The maximum atomic E-state index is 11.5. The summed E-state index contributed by atoms with van der Waals surface area (Å²) >= 11 is 0. The topological polar surface area (TPSA) is 105 Å². The van der Waals surface area contributed by atoms with Crippen molar-refractivity contribution in [2.45, 2.75) is 39.2 Å². The second kappa shape index (κ2) is 6.58. The number of amides is 2. The quantitative estimate of drug-likeness (QED) is 0.625. The van der Waals surface area contributed by atoms with Gasteiger partial charge in [-0.1, -0.05) is 0 Å². The summed E-state index contributed by atoms with van der Waals surface area (Å²) in [6.45, 7) is 6.13. The second-order valence-electron chi connectivity index (χ2n) is 5.86. The molecule has 0 saturated heterocycles. The number of alkyl carbamates (subject to hydrolysis) is 1. The highest BCUT2D eigenvalue weighted by atomic mass is 16.6. The largest absolute Gasteiger partial charge is 0.481 e. The van der Waals surface area contributed by atoms with Crippen molar-refractivity contribution < 1.29 is 24.2 Å². The van der Waals surface area contributed by atoms with Crippen LogP contribution < -0.4 is 10.6 Å². The molecule has 1 aliphatic rings. The molecule has 0 aromatic rings. The zero-order valence-corrected chi connectivity index (χ0v) is 12.1. The van der Waals surface area contributed by atoms with E-state index in [1.54, 1.807) is 20.8 Å². The number of hydrogen-bond donors (Lipinski definition) is 3. The lowest BCUT2D eigenvalue weighted by molar-refractivity contribution is -0.140. The average molecular weight is 286 g/mol. The monoisotopic (exact) mass is 286 g/mol. The van der Waals surface area contributed by atoms with Gasteiger partial charge in [-0.25, -0.2) is 4.79 Å². The molecular weight excluding hydrogens is 264 g/mol. The molecule has 1 rings (SSSR count). The molecular formula is C13H22N2O5. The van der Waals surface area contributed by atoms with Gasteiger partial charge in [-0.15, -0.1) is 0 Å². The Morgan fingerprint density at radius 2 is 1.75 bits per heavy atom. The fourth-order valence-corrected chi connectivity index (χ4v) is 1.69. The normalized spacial score (nSPS) is 20.9. The van der Waals surface area contributed by atoms with Gasteiger partial charge in [0.15, 0.2) is 0 Å². The van der Waals surface area contributed by atoms with Gasteiger partial charge in [0.25, 0.3) is 0 Å². The third-order valence-corrected chi connectivity index (χ3v) is 2.77. The van der Waals surface area contributed by atoms with Gasteiger partial charge in [-0.3, -0.25) is 9.59 Å². The van der Waals surface area contributed by atoms with Gasteiger partial charge in [0.2, 0.25) is 5.91 Å². The molecule has 2 unspecified atom stereocenters. The molecule has 2 amide bonds. The zero-order valence-electron chi connectivity index (χ0n) is 12.1. The molecule has 0 spiro atoms. The summed E-state index contributed by atoms with van der Waals surface area (Å²) in [6.07, 6.45) is 0.490. The van der Waals surface area contributed by atoms with Crippen molar-refractivity contribution in [1.82, 2.24) is 10.6 Å². The number of carboxylic acids is 1.